The Morgan fingerprint density at radius 3 is 2.29 bits per heavy atom. The monoisotopic (exact) mass is 484 g/mol. The first-order valence-electron chi connectivity index (χ1n) is 10.1. The van der Waals surface area contributed by atoms with Gasteiger partial charge in [0.15, 0.2) is 0 Å². The SMILES string of the molecule is CCC(C(=O)NC(C)C)N(Cc1ccc(F)cc1)C(=O)CSCc1ccc(Cl)c(Cl)c1. The van der Waals surface area contributed by atoms with Crippen molar-refractivity contribution in [2.75, 3.05) is 5.75 Å². The predicted octanol–water partition coefficient (Wildman–Crippen LogP) is 5.70. The molecule has 2 aromatic rings. The fraction of sp³-hybridized carbons (Fsp3) is 0.391. The van der Waals surface area contributed by atoms with Crippen LogP contribution < -0.4 is 5.32 Å². The van der Waals surface area contributed by atoms with Gasteiger partial charge in [-0.05, 0) is 55.7 Å². The molecule has 0 heterocycles. The summed E-state index contributed by atoms with van der Waals surface area (Å²) in [5, 5.41) is 3.85. The number of hydrogen-bond acceptors (Lipinski definition) is 3. The van der Waals surface area contributed by atoms with Gasteiger partial charge in [-0.1, -0.05) is 48.3 Å². The van der Waals surface area contributed by atoms with E-state index < -0.39 is 6.04 Å². The molecule has 0 aliphatic rings. The molecule has 0 aromatic heterocycles. The lowest BCUT2D eigenvalue weighted by molar-refractivity contribution is -0.139. The van der Waals surface area contributed by atoms with Crippen molar-refractivity contribution < 1.29 is 14.0 Å². The van der Waals surface area contributed by atoms with Crippen LogP contribution in [0.15, 0.2) is 42.5 Å². The first-order valence-corrected chi connectivity index (χ1v) is 12.0. The van der Waals surface area contributed by atoms with Crippen LogP contribution in [0.25, 0.3) is 0 Å². The van der Waals surface area contributed by atoms with Gasteiger partial charge in [-0.3, -0.25) is 9.59 Å². The van der Waals surface area contributed by atoms with Crippen molar-refractivity contribution in [1.29, 1.82) is 0 Å². The smallest absolute Gasteiger partial charge is 0.243 e. The molecule has 0 saturated heterocycles. The second kappa shape index (κ2) is 12.3. The maximum atomic E-state index is 13.3. The zero-order valence-corrected chi connectivity index (χ0v) is 20.2. The molecule has 1 unspecified atom stereocenters. The highest BCUT2D eigenvalue weighted by Crippen LogP contribution is 2.25. The standard InChI is InChI=1S/C23H27Cl2FN2O2S/c1-4-21(23(30)27-15(2)3)28(12-16-5-8-18(26)9-6-16)22(29)14-31-13-17-7-10-19(24)20(25)11-17/h5-11,15,21H,4,12-14H2,1-3H3,(H,27,30). The summed E-state index contributed by atoms with van der Waals surface area (Å²) in [6, 6.07) is 10.7. The zero-order chi connectivity index (χ0) is 23.0. The molecule has 0 radical (unpaired) electrons. The first kappa shape index (κ1) is 25.5. The van der Waals surface area contributed by atoms with Crippen LogP contribution in [0.3, 0.4) is 0 Å². The Hall–Kier alpha value is -1.76. The molecule has 2 rings (SSSR count). The first-order chi connectivity index (χ1) is 14.7. The van der Waals surface area contributed by atoms with Crippen molar-refractivity contribution in [1.82, 2.24) is 10.2 Å². The largest absolute Gasteiger partial charge is 0.352 e. The zero-order valence-electron chi connectivity index (χ0n) is 17.8. The lowest BCUT2D eigenvalue weighted by atomic mass is 10.1. The number of nitrogens with zero attached hydrogens (tertiary/aromatic N) is 1. The normalized spacial score (nSPS) is 12.0. The molecule has 1 atom stereocenters. The van der Waals surface area contributed by atoms with Crippen molar-refractivity contribution in [3.63, 3.8) is 0 Å². The fourth-order valence-electron chi connectivity index (χ4n) is 3.06. The van der Waals surface area contributed by atoms with E-state index in [0.717, 1.165) is 11.1 Å². The second-order valence-corrected chi connectivity index (χ2v) is 9.28. The van der Waals surface area contributed by atoms with Crippen LogP contribution in [-0.2, 0) is 21.9 Å². The van der Waals surface area contributed by atoms with Gasteiger partial charge in [-0.15, -0.1) is 11.8 Å². The minimum atomic E-state index is -0.606. The van der Waals surface area contributed by atoms with E-state index in [1.54, 1.807) is 29.2 Å². The molecule has 8 heteroatoms. The number of hydrogen-bond donors (Lipinski definition) is 1. The highest BCUT2D eigenvalue weighted by molar-refractivity contribution is 7.99. The van der Waals surface area contributed by atoms with Gasteiger partial charge in [0.1, 0.15) is 11.9 Å². The molecule has 0 bridgehead atoms. The minimum Gasteiger partial charge on any atom is -0.352 e. The molecule has 0 spiro atoms. The summed E-state index contributed by atoms with van der Waals surface area (Å²) < 4.78 is 13.3. The number of carbonyl (C=O) groups is 2. The molecule has 2 amide bonds. The molecule has 0 saturated carbocycles. The average Bonchev–Trinajstić information content (AvgIpc) is 2.71. The summed E-state index contributed by atoms with van der Waals surface area (Å²) in [4.78, 5) is 27.4. The van der Waals surface area contributed by atoms with E-state index in [1.165, 1.54) is 23.9 Å². The van der Waals surface area contributed by atoms with Gasteiger partial charge >= 0.3 is 0 Å². The van der Waals surface area contributed by atoms with E-state index in [2.05, 4.69) is 5.32 Å². The quantitative estimate of drug-likeness (QED) is 0.470. The van der Waals surface area contributed by atoms with Crippen molar-refractivity contribution in [3.8, 4) is 0 Å². The third-order valence-corrected chi connectivity index (χ3v) is 6.29. The average molecular weight is 485 g/mol. The van der Waals surface area contributed by atoms with Crippen LogP contribution in [0, 0.1) is 5.82 Å². The number of thioether (sulfide) groups is 1. The van der Waals surface area contributed by atoms with Crippen molar-refractivity contribution in [2.45, 2.75) is 51.6 Å². The molecular formula is C23H27Cl2FN2O2S. The molecule has 31 heavy (non-hydrogen) atoms. The summed E-state index contributed by atoms with van der Waals surface area (Å²) in [6.07, 6.45) is 0.475. The fourth-order valence-corrected chi connectivity index (χ4v) is 4.23. The Bertz CT molecular complexity index is 894. The Morgan fingerprint density at radius 2 is 1.71 bits per heavy atom. The van der Waals surface area contributed by atoms with E-state index >= 15 is 0 Å². The molecule has 0 aliphatic heterocycles. The Balaban J connectivity index is 2.12. The maximum Gasteiger partial charge on any atom is 0.243 e. The maximum absolute atomic E-state index is 13.3. The molecule has 2 aromatic carbocycles. The summed E-state index contributed by atoms with van der Waals surface area (Å²) in [5.74, 6) is 0.0977. The minimum absolute atomic E-state index is 0.0339. The summed E-state index contributed by atoms with van der Waals surface area (Å²) >= 11 is 13.4. The third kappa shape index (κ3) is 8.02. The van der Waals surface area contributed by atoms with E-state index in [9.17, 15) is 14.0 Å². The highest BCUT2D eigenvalue weighted by atomic mass is 35.5. The van der Waals surface area contributed by atoms with Gasteiger partial charge in [0, 0.05) is 18.3 Å². The van der Waals surface area contributed by atoms with Crippen molar-refractivity contribution >= 4 is 46.8 Å². The lowest BCUT2D eigenvalue weighted by Crippen LogP contribution is -2.50. The molecule has 0 aliphatic carbocycles. The van der Waals surface area contributed by atoms with Crippen LogP contribution in [0.5, 0.6) is 0 Å². The van der Waals surface area contributed by atoms with Gasteiger partial charge in [0.2, 0.25) is 11.8 Å². The summed E-state index contributed by atoms with van der Waals surface area (Å²) in [5.41, 5.74) is 1.72. The second-order valence-electron chi connectivity index (χ2n) is 7.48. The summed E-state index contributed by atoms with van der Waals surface area (Å²) in [7, 11) is 0. The van der Waals surface area contributed by atoms with Gasteiger partial charge in [-0.25, -0.2) is 4.39 Å². The Labute approximate surface area is 197 Å². The molecular weight excluding hydrogens is 458 g/mol. The molecule has 1 N–H and O–H groups in total. The number of benzene rings is 2. The van der Waals surface area contributed by atoms with E-state index in [0.29, 0.717) is 22.2 Å². The number of rotatable bonds is 10. The lowest BCUT2D eigenvalue weighted by Gasteiger charge is -2.31. The highest BCUT2D eigenvalue weighted by Gasteiger charge is 2.28. The molecule has 168 valence electrons. The molecule has 0 fully saturated rings. The number of halogens is 3. The van der Waals surface area contributed by atoms with E-state index in [1.807, 2.05) is 26.8 Å². The van der Waals surface area contributed by atoms with Crippen LogP contribution in [0.2, 0.25) is 10.0 Å². The van der Waals surface area contributed by atoms with Crippen LogP contribution in [0.4, 0.5) is 4.39 Å². The Kier molecular flexibility index (Phi) is 10.1. The topological polar surface area (TPSA) is 49.4 Å². The van der Waals surface area contributed by atoms with E-state index in [4.69, 9.17) is 23.2 Å². The summed E-state index contributed by atoms with van der Waals surface area (Å²) in [6.45, 7) is 5.86. The Morgan fingerprint density at radius 1 is 1.06 bits per heavy atom. The number of nitrogens with one attached hydrogen (secondary N) is 1. The van der Waals surface area contributed by atoms with Gasteiger partial charge in [0.25, 0.3) is 0 Å². The number of carbonyl (C=O) groups excluding carboxylic acids is 2. The van der Waals surface area contributed by atoms with Gasteiger partial charge in [0.05, 0.1) is 15.8 Å². The van der Waals surface area contributed by atoms with Gasteiger partial charge in [-0.2, -0.15) is 0 Å². The third-order valence-electron chi connectivity index (χ3n) is 4.56. The van der Waals surface area contributed by atoms with Crippen molar-refractivity contribution in [2.24, 2.45) is 0 Å². The van der Waals surface area contributed by atoms with Crippen LogP contribution in [-0.4, -0.2) is 34.6 Å². The van der Waals surface area contributed by atoms with Crippen molar-refractivity contribution in [3.05, 3.63) is 69.5 Å². The van der Waals surface area contributed by atoms with E-state index in [-0.39, 0.29) is 36.0 Å². The van der Waals surface area contributed by atoms with Crippen LogP contribution >= 0.6 is 35.0 Å². The van der Waals surface area contributed by atoms with Crippen LogP contribution in [0.1, 0.15) is 38.3 Å². The molecule has 4 nitrogen and oxygen atoms in total. The van der Waals surface area contributed by atoms with Gasteiger partial charge < -0.3 is 10.2 Å². The number of amides is 2. The predicted molar refractivity (Wildman–Crippen MR) is 127 cm³/mol.